The lowest BCUT2D eigenvalue weighted by molar-refractivity contribution is -0.140. The Bertz CT molecular complexity index is 1170. The number of benzene rings is 2. The number of carbonyl (C=O) groups excluding carboxylic acids is 2. The molecule has 8 heteroatoms. The Labute approximate surface area is 236 Å². The summed E-state index contributed by atoms with van der Waals surface area (Å²) in [6.07, 6.45) is 3.76. The number of unbranched alkanes of at least 4 members (excludes halogenated alkanes) is 1. The third-order valence-electron chi connectivity index (χ3n) is 6.33. The van der Waals surface area contributed by atoms with Crippen molar-refractivity contribution in [1.82, 2.24) is 9.88 Å². The first-order valence-electron chi connectivity index (χ1n) is 13.3. The number of hydrogen-bond donors (Lipinski definition) is 0. The smallest absolute Gasteiger partial charge is 0.337 e. The van der Waals surface area contributed by atoms with Gasteiger partial charge in [0, 0.05) is 31.1 Å². The van der Waals surface area contributed by atoms with Gasteiger partial charge in [0.2, 0.25) is 0 Å². The van der Waals surface area contributed by atoms with Crippen LogP contribution in [0.15, 0.2) is 60.8 Å². The van der Waals surface area contributed by atoms with Crippen molar-refractivity contribution in [3.8, 4) is 0 Å². The van der Waals surface area contributed by atoms with Crippen molar-refractivity contribution in [2.75, 3.05) is 27.3 Å². The van der Waals surface area contributed by atoms with Crippen molar-refractivity contribution in [2.45, 2.75) is 64.7 Å². The van der Waals surface area contributed by atoms with Gasteiger partial charge in [-0.05, 0) is 42.6 Å². The highest BCUT2D eigenvalue weighted by Crippen LogP contribution is 2.29. The van der Waals surface area contributed by atoms with Crippen LogP contribution in [-0.4, -0.2) is 49.1 Å². The molecule has 3 aromatic rings. The van der Waals surface area contributed by atoms with Gasteiger partial charge in [0.1, 0.15) is 0 Å². The van der Waals surface area contributed by atoms with Crippen LogP contribution < -0.4 is 0 Å². The lowest BCUT2D eigenvalue weighted by atomic mass is 9.98. The van der Waals surface area contributed by atoms with Gasteiger partial charge < -0.3 is 14.2 Å². The first-order chi connectivity index (χ1) is 18.7. The molecule has 2 aromatic carbocycles. The Hall–Kier alpha value is -3.07. The molecule has 1 aromatic heterocycles. The minimum atomic E-state index is -0.351. The van der Waals surface area contributed by atoms with Crippen LogP contribution in [0.3, 0.4) is 0 Å². The Morgan fingerprint density at radius 1 is 0.974 bits per heavy atom. The average molecular weight is 553 g/mol. The van der Waals surface area contributed by atoms with E-state index in [0.717, 1.165) is 40.4 Å². The molecule has 3 rings (SSSR count). The maximum absolute atomic E-state index is 11.9. The molecule has 0 radical (unpaired) electrons. The predicted molar refractivity (Wildman–Crippen MR) is 154 cm³/mol. The van der Waals surface area contributed by atoms with Crippen molar-refractivity contribution < 1.29 is 23.8 Å². The van der Waals surface area contributed by atoms with E-state index in [9.17, 15) is 9.59 Å². The van der Waals surface area contributed by atoms with Crippen LogP contribution in [0.1, 0.15) is 77.5 Å². The number of ether oxygens (including phenoxy) is 3. The summed E-state index contributed by atoms with van der Waals surface area (Å²) < 4.78 is 16.2. The van der Waals surface area contributed by atoms with Crippen LogP contribution in [0.25, 0.3) is 0 Å². The van der Waals surface area contributed by atoms with Gasteiger partial charge in [-0.15, -0.1) is 11.3 Å². The largest absolute Gasteiger partial charge is 0.469 e. The second-order valence-corrected chi connectivity index (χ2v) is 11.7. The predicted octanol–water partition coefficient (Wildman–Crippen LogP) is 6.33. The van der Waals surface area contributed by atoms with E-state index in [-0.39, 0.29) is 23.5 Å². The molecule has 0 aliphatic carbocycles. The molecular formula is C31H40N2O5S. The van der Waals surface area contributed by atoms with E-state index in [1.807, 2.05) is 36.5 Å². The second kappa shape index (κ2) is 14.9. The van der Waals surface area contributed by atoms with Crippen LogP contribution >= 0.6 is 11.3 Å². The molecule has 210 valence electrons. The van der Waals surface area contributed by atoms with Gasteiger partial charge in [-0.25, -0.2) is 9.78 Å². The number of carbonyl (C=O) groups is 2. The van der Waals surface area contributed by atoms with E-state index in [1.165, 1.54) is 14.2 Å². The van der Waals surface area contributed by atoms with Crippen molar-refractivity contribution in [3.63, 3.8) is 0 Å². The second-order valence-electron chi connectivity index (χ2n) is 10.5. The Morgan fingerprint density at radius 2 is 1.69 bits per heavy atom. The summed E-state index contributed by atoms with van der Waals surface area (Å²) in [6, 6.07) is 17.8. The van der Waals surface area contributed by atoms with Crippen molar-refractivity contribution in [2.24, 2.45) is 0 Å². The van der Waals surface area contributed by atoms with Crippen LogP contribution in [0.4, 0.5) is 0 Å². The number of aromatic nitrogens is 1. The normalized spacial score (nSPS) is 12.4. The standard InChI is InChI=1S/C31H40N2O5S/c1-31(2,3)30-32-19-26(39-30)22-38-27(24-11-7-6-8-12-24)21-33(18-10-9-13-28(34)36-4)20-23-14-16-25(17-15-23)29(35)37-5/h6-8,11-12,14-17,19,27H,9-10,13,18,20-22H2,1-5H3/t27-/m0/s1. The molecule has 1 heterocycles. The molecule has 0 amide bonds. The maximum Gasteiger partial charge on any atom is 0.337 e. The molecule has 39 heavy (non-hydrogen) atoms. The Balaban J connectivity index is 1.75. The molecule has 1 atom stereocenters. The number of esters is 2. The summed E-state index contributed by atoms with van der Waals surface area (Å²) in [4.78, 5) is 31.5. The summed E-state index contributed by atoms with van der Waals surface area (Å²) in [5.41, 5.74) is 2.72. The molecule has 0 saturated heterocycles. The Morgan fingerprint density at radius 3 is 2.31 bits per heavy atom. The highest BCUT2D eigenvalue weighted by Gasteiger charge is 2.21. The molecular weight excluding hydrogens is 512 g/mol. The van der Waals surface area contributed by atoms with Gasteiger partial charge in [-0.1, -0.05) is 63.2 Å². The quantitative estimate of drug-likeness (QED) is 0.171. The lowest BCUT2D eigenvalue weighted by Gasteiger charge is -2.28. The number of thiazole rings is 1. The molecule has 0 aliphatic rings. The number of rotatable bonds is 14. The lowest BCUT2D eigenvalue weighted by Crippen LogP contribution is -2.30. The van der Waals surface area contributed by atoms with E-state index in [1.54, 1.807) is 23.5 Å². The third-order valence-corrected chi connectivity index (χ3v) is 7.73. The summed E-state index contributed by atoms with van der Waals surface area (Å²) in [5, 5.41) is 1.10. The summed E-state index contributed by atoms with van der Waals surface area (Å²) in [7, 11) is 2.80. The van der Waals surface area contributed by atoms with Crippen LogP contribution in [0, 0.1) is 0 Å². The molecule has 0 fully saturated rings. The fourth-order valence-electron chi connectivity index (χ4n) is 4.12. The zero-order valence-electron chi connectivity index (χ0n) is 23.6. The molecule has 7 nitrogen and oxygen atoms in total. The van der Waals surface area contributed by atoms with E-state index < -0.39 is 0 Å². The summed E-state index contributed by atoms with van der Waals surface area (Å²) >= 11 is 1.69. The average Bonchev–Trinajstić information content (AvgIpc) is 3.43. The zero-order valence-corrected chi connectivity index (χ0v) is 24.5. The fraction of sp³-hybridized carbons (Fsp3) is 0.452. The Kier molecular flexibility index (Phi) is 11.7. The molecule has 0 bridgehead atoms. The topological polar surface area (TPSA) is 78.0 Å². The molecule has 0 spiro atoms. The number of nitrogens with zero attached hydrogens (tertiary/aromatic N) is 2. The van der Waals surface area contributed by atoms with Gasteiger partial charge in [0.15, 0.2) is 0 Å². The van der Waals surface area contributed by atoms with Gasteiger partial charge in [0.25, 0.3) is 0 Å². The van der Waals surface area contributed by atoms with Crippen molar-refractivity contribution in [1.29, 1.82) is 0 Å². The monoisotopic (exact) mass is 552 g/mol. The fourth-order valence-corrected chi connectivity index (χ4v) is 5.02. The zero-order chi connectivity index (χ0) is 28.3. The van der Waals surface area contributed by atoms with Gasteiger partial charge in [0.05, 0.1) is 42.4 Å². The molecule has 0 aliphatic heterocycles. The first-order valence-corrected chi connectivity index (χ1v) is 14.1. The summed E-state index contributed by atoms with van der Waals surface area (Å²) in [6.45, 7) is 9.12. The van der Waals surface area contributed by atoms with Crippen LogP contribution in [-0.2, 0) is 37.6 Å². The number of hydrogen-bond acceptors (Lipinski definition) is 8. The van der Waals surface area contributed by atoms with Gasteiger partial charge in [-0.3, -0.25) is 9.69 Å². The van der Waals surface area contributed by atoms with Crippen LogP contribution in [0.5, 0.6) is 0 Å². The summed E-state index contributed by atoms with van der Waals surface area (Å²) in [5.74, 6) is -0.541. The molecule has 0 N–H and O–H groups in total. The van der Waals surface area contributed by atoms with Gasteiger partial charge in [-0.2, -0.15) is 0 Å². The van der Waals surface area contributed by atoms with E-state index in [4.69, 9.17) is 14.2 Å². The SMILES string of the molecule is COC(=O)CCCCN(Cc1ccc(C(=O)OC)cc1)C[C@H](OCc1cnc(C(C)(C)C)s1)c1ccccc1. The minimum absolute atomic E-state index is 0.00611. The third kappa shape index (κ3) is 9.88. The minimum Gasteiger partial charge on any atom is -0.469 e. The van der Waals surface area contributed by atoms with E-state index >= 15 is 0 Å². The molecule has 0 unspecified atom stereocenters. The maximum atomic E-state index is 11.9. The highest BCUT2D eigenvalue weighted by molar-refractivity contribution is 7.11. The first kappa shape index (κ1) is 30.5. The van der Waals surface area contributed by atoms with Gasteiger partial charge >= 0.3 is 11.9 Å². The highest BCUT2D eigenvalue weighted by atomic mass is 32.1. The molecule has 0 saturated carbocycles. The van der Waals surface area contributed by atoms with E-state index in [0.29, 0.717) is 31.7 Å². The van der Waals surface area contributed by atoms with Crippen molar-refractivity contribution in [3.05, 3.63) is 87.4 Å². The number of methoxy groups -OCH3 is 2. The van der Waals surface area contributed by atoms with Crippen molar-refractivity contribution >= 4 is 23.3 Å². The van der Waals surface area contributed by atoms with Crippen LogP contribution in [0.2, 0.25) is 0 Å². The van der Waals surface area contributed by atoms with E-state index in [2.05, 4.69) is 42.8 Å².